The van der Waals surface area contributed by atoms with Gasteiger partial charge in [0.1, 0.15) is 5.69 Å². The fourth-order valence-electron chi connectivity index (χ4n) is 1.27. The number of nitrogens with two attached hydrogens (primary N) is 1. The predicted octanol–water partition coefficient (Wildman–Crippen LogP) is 1.34. The molecule has 0 saturated carbocycles. The van der Waals surface area contributed by atoms with Crippen molar-refractivity contribution >= 4 is 11.7 Å². The Labute approximate surface area is 112 Å². The van der Waals surface area contributed by atoms with Gasteiger partial charge < -0.3 is 16.3 Å². The molecule has 1 heterocycles. The van der Waals surface area contributed by atoms with Crippen LogP contribution in [0.15, 0.2) is 23.5 Å². The van der Waals surface area contributed by atoms with E-state index in [1.807, 2.05) is 0 Å². The number of carbonyl (C=O) groups excluding carboxylic acids is 1. The summed E-state index contributed by atoms with van der Waals surface area (Å²) in [6.45, 7) is 6.84. The average Bonchev–Trinajstić information content (AvgIpc) is 2.44. The van der Waals surface area contributed by atoms with Gasteiger partial charge in [-0.3, -0.25) is 9.78 Å². The minimum absolute atomic E-state index is 0.0356. The monoisotopic (exact) mass is 264 g/mol. The van der Waals surface area contributed by atoms with Crippen LogP contribution in [0.5, 0.6) is 0 Å². The van der Waals surface area contributed by atoms with Crippen LogP contribution in [0.2, 0.25) is 0 Å². The number of pyridine rings is 1. The first-order valence-corrected chi connectivity index (χ1v) is 6.12. The molecule has 104 valence electrons. The number of rotatable bonds is 5. The summed E-state index contributed by atoms with van der Waals surface area (Å²) < 4.78 is 0. The van der Waals surface area contributed by atoms with Crippen LogP contribution in [0.4, 0.5) is 0 Å². The molecule has 0 radical (unpaired) electrons. The molecule has 1 amide bonds. The van der Waals surface area contributed by atoms with Crippen molar-refractivity contribution in [3.05, 3.63) is 29.6 Å². The summed E-state index contributed by atoms with van der Waals surface area (Å²) in [7, 11) is 0. The second kappa shape index (κ2) is 6.17. The molecule has 0 unspecified atom stereocenters. The summed E-state index contributed by atoms with van der Waals surface area (Å²) in [5.41, 5.74) is 6.25. The Morgan fingerprint density at radius 3 is 2.68 bits per heavy atom. The van der Waals surface area contributed by atoms with Crippen LogP contribution in [-0.4, -0.2) is 28.5 Å². The van der Waals surface area contributed by atoms with Crippen molar-refractivity contribution in [2.75, 3.05) is 6.54 Å². The highest BCUT2D eigenvalue weighted by molar-refractivity contribution is 5.98. The van der Waals surface area contributed by atoms with E-state index in [1.165, 1.54) is 6.20 Å². The zero-order valence-corrected chi connectivity index (χ0v) is 11.5. The molecule has 0 aromatic carbocycles. The molecule has 0 aliphatic rings. The second-order valence-electron chi connectivity index (χ2n) is 5.12. The minimum Gasteiger partial charge on any atom is -0.409 e. The van der Waals surface area contributed by atoms with E-state index in [9.17, 15) is 4.79 Å². The smallest absolute Gasteiger partial charge is 0.269 e. The highest BCUT2D eigenvalue weighted by Gasteiger charge is 2.17. The molecule has 1 rings (SSSR count). The third kappa shape index (κ3) is 4.24. The molecule has 1 aromatic heterocycles. The van der Waals surface area contributed by atoms with Gasteiger partial charge in [0.25, 0.3) is 5.91 Å². The summed E-state index contributed by atoms with van der Waals surface area (Å²) in [4.78, 5) is 15.9. The van der Waals surface area contributed by atoms with E-state index in [2.05, 4.69) is 36.2 Å². The van der Waals surface area contributed by atoms with Gasteiger partial charge in [-0.1, -0.05) is 25.9 Å². The number of aromatic nitrogens is 1. The Hall–Kier alpha value is -2.11. The van der Waals surface area contributed by atoms with Gasteiger partial charge in [0, 0.05) is 18.3 Å². The minimum atomic E-state index is -0.229. The van der Waals surface area contributed by atoms with Crippen molar-refractivity contribution < 1.29 is 10.0 Å². The number of oxime groups is 1. The molecule has 0 fully saturated rings. The fraction of sp³-hybridized carbons (Fsp3) is 0.462. The maximum Gasteiger partial charge on any atom is 0.269 e. The van der Waals surface area contributed by atoms with E-state index in [0.717, 1.165) is 6.42 Å². The number of nitrogens with zero attached hydrogens (tertiary/aromatic N) is 2. The van der Waals surface area contributed by atoms with Crippen LogP contribution in [0.3, 0.4) is 0 Å². The van der Waals surface area contributed by atoms with Crippen molar-refractivity contribution in [1.82, 2.24) is 10.3 Å². The number of amidine groups is 1. The van der Waals surface area contributed by atoms with Gasteiger partial charge in [-0.2, -0.15) is 0 Å². The van der Waals surface area contributed by atoms with Gasteiger partial charge in [0.05, 0.1) is 0 Å². The van der Waals surface area contributed by atoms with Gasteiger partial charge in [-0.25, -0.2) is 0 Å². The summed E-state index contributed by atoms with van der Waals surface area (Å²) in [5, 5.41) is 14.2. The third-order valence-corrected chi connectivity index (χ3v) is 3.08. The predicted molar refractivity (Wildman–Crippen MR) is 73.2 cm³/mol. The summed E-state index contributed by atoms with van der Waals surface area (Å²) >= 11 is 0. The van der Waals surface area contributed by atoms with Crippen molar-refractivity contribution in [2.24, 2.45) is 16.3 Å². The van der Waals surface area contributed by atoms with Crippen LogP contribution < -0.4 is 11.1 Å². The quantitative estimate of drug-likeness (QED) is 0.323. The standard InChI is InChI=1S/C13H20N4O2/c1-4-13(2,3)8-16-12(18)10-6-5-9(7-15-10)11(14)17-19/h5-7,19H,4,8H2,1-3H3,(H2,14,17)(H,16,18). The molecular weight excluding hydrogens is 244 g/mol. The normalized spacial score (nSPS) is 12.3. The molecule has 0 aliphatic heterocycles. The molecule has 0 spiro atoms. The van der Waals surface area contributed by atoms with Gasteiger partial charge >= 0.3 is 0 Å². The zero-order valence-electron chi connectivity index (χ0n) is 11.5. The van der Waals surface area contributed by atoms with E-state index in [1.54, 1.807) is 12.1 Å². The zero-order chi connectivity index (χ0) is 14.5. The highest BCUT2D eigenvalue weighted by Crippen LogP contribution is 2.17. The van der Waals surface area contributed by atoms with E-state index >= 15 is 0 Å². The van der Waals surface area contributed by atoms with Gasteiger partial charge in [0.15, 0.2) is 5.84 Å². The molecule has 4 N–H and O–H groups in total. The maximum absolute atomic E-state index is 11.9. The first-order valence-electron chi connectivity index (χ1n) is 6.12. The Balaban J connectivity index is 2.69. The lowest BCUT2D eigenvalue weighted by Gasteiger charge is -2.22. The third-order valence-electron chi connectivity index (χ3n) is 3.08. The Kier molecular flexibility index (Phi) is 4.86. The van der Waals surface area contributed by atoms with Crippen molar-refractivity contribution in [2.45, 2.75) is 27.2 Å². The molecule has 6 heteroatoms. The van der Waals surface area contributed by atoms with Gasteiger partial charge in [-0.05, 0) is 24.0 Å². The summed E-state index contributed by atoms with van der Waals surface area (Å²) in [6.07, 6.45) is 2.37. The summed E-state index contributed by atoms with van der Waals surface area (Å²) in [5.74, 6) is -0.265. The molecule has 0 bridgehead atoms. The second-order valence-corrected chi connectivity index (χ2v) is 5.12. The molecule has 19 heavy (non-hydrogen) atoms. The number of amides is 1. The molecule has 6 nitrogen and oxygen atoms in total. The molecule has 0 saturated heterocycles. The summed E-state index contributed by atoms with van der Waals surface area (Å²) in [6, 6.07) is 3.13. The van der Waals surface area contributed by atoms with Crippen LogP contribution >= 0.6 is 0 Å². The fourth-order valence-corrected chi connectivity index (χ4v) is 1.27. The maximum atomic E-state index is 11.9. The van der Waals surface area contributed by atoms with Crippen molar-refractivity contribution in [1.29, 1.82) is 0 Å². The number of nitrogens with one attached hydrogen (secondary N) is 1. The number of carbonyl (C=O) groups is 1. The highest BCUT2D eigenvalue weighted by atomic mass is 16.4. The van der Waals surface area contributed by atoms with Gasteiger partial charge in [0.2, 0.25) is 0 Å². The van der Waals surface area contributed by atoms with Gasteiger partial charge in [-0.15, -0.1) is 0 Å². The van der Waals surface area contributed by atoms with Crippen LogP contribution in [0.1, 0.15) is 43.2 Å². The largest absolute Gasteiger partial charge is 0.409 e. The topological polar surface area (TPSA) is 101 Å². The lowest BCUT2D eigenvalue weighted by atomic mass is 9.90. The number of hydrogen-bond donors (Lipinski definition) is 3. The lowest BCUT2D eigenvalue weighted by molar-refractivity contribution is 0.0930. The Morgan fingerprint density at radius 1 is 1.53 bits per heavy atom. The average molecular weight is 264 g/mol. The Morgan fingerprint density at radius 2 is 2.21 bits per heavy atom. The SMILES string of the molecule is CCC(C)(C)CNC(=O)c1ccc(/C(N)=N/O)cn1. The number of hydrogen-bond acceptors (Lipinski definition) is 4. The molecule has 1 aromatic rings. The van der Waals surface area contributed by atoms with E-state index in [-0.39, 0.29) is 17.2 Å². The van der Waals surface area contributed by atoms with E-state index in [0.29, 0.717) is 17.8 Å². The van der Waals surface area contributed by atoms with Crippen molar-refractivity contribution in [3.63, 3.8) is 0 Å². The van der Waals surface area contributed by atoms with E-state index in [4.69, 9.17) is 10.9 Å². The molecule has 0 aliphatic carbocycles. The molecular formula is C13H20N4O2. The lowest BCUT2D eigenvalue weighted by Crippen LogP contribution is -2.34. The van der Waals surface area contributed by atoms with Crippen molar-refractivity contribution in [3.8, 4) is 0 Å². The first-order chi connectivity index (χ1) is 8.89. The van der Waals surface area contributed by atoms with Crippen LogP contribution in [-0.2, 0) is 0 Å². The Bertz CT molecular complexity index is 466. The van der Waals surface area contributed by atoms with E-state index < -0.39 is 0 Å². The molecule has 0 atom stereocenters. The van der Waals surface area contributed by atoms with Crippen LogP contribution in [0.25, 0.3) is 0 Å². The first kappa shape index (κ1) is 14.9. The van der Waals surface area contributed by atoms with Crippen LogP contribution in [0, 0.1) is 5.41 Å².